The second-order valence-corrected chi connectivity index (χ2v) is 4.62. The molecular weight excluding hydrogens is 219 g/mol. The third-order valence-electron chi connectivity index (χ3n) is 2.96. The van der Waals surface area contributed by atoms with Crippen LogP contribution in [0.2, 0.25) is 0 Å². The van der Waals surface area contributed by atoms with Gasteiger partial charge >= 0.3 is 0 Å². The summed E-state index contributed by atoms with van der Waals surface area (Å²) in [5.41, 5.74) is 2.60. The topological polar surface area (TPSA) is 0 Å². The van der Waals surface area contributed by atoms with Crippen LogP contribution >= 0.6 is 15.9 Å². The van der Waals surface area contributed by atoms with E-state index in [2.05, 4.69) is 15.9 Å². The van der Waals surface area contributed by atoms with Crippen molar-refractivity contribution in [3.63, 3.8) is 0 Å². The molecule has 62 valence electrons. The number of hydrogen-bond acceptors (Lipinski definition) is 0. The Morgan fingerprint density at radius 3 is 3.08 bits per heavy atom. The summed E-state index contributed by atoms with van der Waals surface area (Å²) in [5.74, 6) is 1.47. The summed E-state index contributed by atoms with van der Waals surface area (Å²) in [4.78, 5) is 0. The van der Waals surface area contributed by atoms with E-state index in [0.29, 0.717) is 0 Å². The maximum absolute atomic E-state index is 12.9. The van der Waals surface area contributed by atoms with Crippen LogP contribution in [0.5, 0.6) is 0 Å². The Hall–Kier alpha value is -0.370. The van der Waals surface area contributed by atoms with Crippen molar-refractivity contribution in [1.29, 1.82) is 0 Å². The summed E-state index contributed by atoms with van der Waals surface area (Å²) in [6.45, 7) is 0. The van der Waals surface area contributed by atoms with Crippen LogP contribution in [-0.2, 0) is 6.42 Å². The fourth-order valence-electron chi connectivity index (χ4n) is 2.33. The fourth-order valence-corrected chi connectivity index (χ4v) is 3.10. The van der Waals surface area contributed by atoms with E-state index in [4.69, 9.17) is 0 Å². The zero-order chi connectivity index (χ0) is 8.29. The highest BCUT2D eigenvalue weighted by Gasteiger charge is 2.46. The van der Waals surface area contributed by atoms with Gasteiger partial charge in [0.1, 0.15) is 5.82 Å². The second-order valence-electron chi connectivity index (χ2n) is 3.77. The van der Waals surface area contributed by atoms with Gasteiger partial charge in [-0.2, -0.15) is 0 Å². The highest BCUT2D eigenvalue weighted by Crippen LogP contribution is 2.58. The molecule has 1 saturated carbocycles. The van der Waals surface area contributed by atoms with E-state index >= 15 is 0 Å². The molecule has 0 saturated heterocycles. The van der Waals surface area contributed by atoms with Gasteiger partial charge in [0.2, 0.25) is 0 Å². The van der Waals surface area contributed by atoms with Crippen LogP contribution < -0.4 is 0 Å². The Labute approximate surface area is 78.9 Å². The van der Waals surface area contributed by atoms with E-state index in [1.54, 1.807) is 12.1 Å². The molecule has 0 N–H and O–H groups in total. The lowest BCUT2D eigenvalue weighted by molar-refractivity contribution is 0.624. The Morgan fingerprint density at radius 2 is 2.25 bits per heavy atom. The van der Waals surface area contributed by atoms with Gasteiger partial charge in [-0.05, 0) is 47.9 Å². The first kappa shape index (κ1) is 7.07. The van der Waals surface area contributed by atoms with Crippen molar-refractivity contribution >= 4 is 15.9 Å². The number of benzene rings is 1. The third-order valence-corrected chi connectivity index (χ3v) is 3.61. The molecule has 0 aromatic heterocycles. The molecule has 0 heterocycles. The summed E-state index contributed by atoms with van der Waals surface area (Å²) in [6, 6.07) is 3.27. The lowest BCUT2D eigenvalue weighted by Crippen LogP contribution is -1.89. The minimum atomic E-state index is -0.109. The highest BCUT2D eigenvalue weighted by molar-refractivity contribution is 9.10. The maximum atomic E-state index is 12.9. The highest BCUT2D eigenvalue weighted by atomic mass is 79.9. The van der Waals surface area contributed by atoms with Gasteiger partial charge in [0.05, 0.1) is 0 Å². The molecule has 0 spiro atoms. The van der Waals surface area contributed by atoms with Crippen molar-refractivity contribution in [3.05, 3.63) is 33.5 Å². The van der Waals surface area contributed by atoms with Crippen LogP contribution in [0.25, 0.3) is 0 Å². The van der Waals surface area contributed by atoms with E-state index in [1.807, 2.05) is 0 Å². The van der Waals surface area contributed by atoms with Crippen molar-refractivity contribution in [1.82, 2.24) is 0 Å². The van der Waals surface area contributed by atoms with Crippen molar-refractivity contribution < 1.29 is 4.39 Å². The maximum Gasteiger partial charge on any atom is 0.124 e. The molecule has 1 fully saturated rings. The van der Waals surface area contributed by atoms with E-state index in [1.165, 1.54) is 17.5 Å². The summed E-state index contributed by atoms with van der Waals surface area (Å²) in [6.07, 6.45) is 2.41. The molecular formula is C10H8BrF. The Morgan fingerprint density at radius 1 is 1.42 bits per heavy atom. The second kappa shape index (κ2) is 2.11. The normalized spacial score (nSPS) is 29.8. The minimum Gasteiger partial charge on any atom is -0.207 e. The molecule has 2 aliphatic rings. The molecule has 2 aliphatic carbocycles. The molecule has 0 radical (unpaired) electrons. The molecule has 12 heavy (non-hydrogen) atoms. The Kier molecular flexibility index (Phi) is 1.24. The van der Waals surface area contributed by atoms with E-state index in [0.717, 1.165) is 22.7 Å². The van der Waals surface area contributed by atoms with E-state index in [9.17, 15) is 4.39 Å². The average molecular weight is 227 g/mol. The fraction of sp³-hybridized carbons (Fsp3) is 0.400. The molecule has 2 unspecified atom stereocenters. The Balaban J connectivity index is 2.24. The molecule has 2 heteroatoms. The van der Waals surface area contributed by atoms with Gasteiger partial charge in [0.25, 0.3) is 0 Å². The lowest BCUT2D eigenvalue weighted by atomic mass is 10.1. The van der Waals surface area contributed by atoms with Crippen molar-refractivity contribution in [2.45, 2.75) is 18.8 Å². The summed E-state index contributed by atoms with van der Waals surface area (Å²) < 4.78 is 13.9. The first-order valence-electron chi connectivity index (χ1n) is 4.23. The molecule has 0 amide bonds. The zero-order valence-corrected chi connectivity index (χ0v) is 8.07. The van der Waals surface area contributed by atoms with Crippen LogP contribution in [0, 0.1) is 11.7 Å². The van der Waals surface area contributed by atoms with Crippen molar-refractivity contribution in [2.75, 3.05) is 0 Å². The van der Waals surface area contributed by atoms with Gasteiger partial charge < -0.3 is 0 Å². The predicted molar refractivity (Wildman–Crippen MR) is 48.7 cm³/mol. The van der Waals surface area contributed by atoms with E-state index in [-0.39, 0.29) is 5.82 Å². The van der Waals surface area contributed by atoms with Gasteiger partial charge in [-0.25, -0.2) is 4.39 Å². The average Bonchev–Trinajstić information content (AvgIpc) is 2.60. The van der Waals surface area contributed by atoms with Crippen LogP contribution in [-0.4, -0.2) is 0 Å². The van der Waals surface area contributed by atoms with Crippen molar-refractivity contribution in [2.24, 2.45) is 5.92 Å². The smallest absolute Gasteiger partial charge is 0.124 e. The van der Waals surface area contributed by atoms with E-state index < -0.39 is 0 Å². The first-order valence-corrected chi connectivity index (χ1v) is 5.03. The predicted octanol–water partition coefficient (Wildman–Crippen LogP) is 3.25. The largest absolute Gasteiger partial charge is 0.207 e. The number of rotatable bonds is 0. The van der Waals surface area contributed by atoms with Crippen LogP contribution in [0.4, 0.5) is 4.39 Å². The quantitative estimate of drug-likeness (QED) is 0.638. The Bertz CT molecular complexity index is 359. The SMILES string of the molecule is Fc1cc(Br)c2c(c1)CC1CC21. The van der Waals surface area contributed by atoms with Gasteiger partial charge in [0, 0.05) is 4.47 Å². The molecule has 1 aromatic carbocycles. The van der Waals surface area contributed by atoms with Gasteiger partial charge in [0.15, 0.2) is 0 Å². The molecule has 0 bridgehead atoms. The summed E-state index contributed by atoms with van der Waals surface area (Å²) in [7, 11) is 0. The van der Waals surface area contributed by atoms with Crippen molar-refractivity contribution in [3.8, 4) is 0 Å². The standard InChI is InChI=1S/C10H8BrF/c11-9-4-7(12)2-6-1-5-3-8(5)10(6)9/h2,4-5,8H,1,3H2. The zero-order valence-electron chi connectivity index (χ0n) is 6.48. The lowest BCUT2D eigenvalue weighted by Gasteiger charge is -2.04. The van der Waals surface area contributed by atoms with Crippen LogP contribution in [0.3, 0.4) is 0 Å². The van der Waals surface area contributed by atoms with Crippen LogP contribution in [0.15, 0.2) is 16.6 Å². The number of fused-ring (bicyclic) bond motifs is 3. The molecule has 3 rings (SSSR count). The molecule has 0 nitrogen and oxygen atoms in total. The van der Waals surface area contributed by atoms with Gasteiger partial charge in [-0.3, -0.25) is 0 Å². The molecule has 0 aliphatic heterocycles. The third kappa shape index (κ3) is 0.817. The number of hydrogen-bond donors (Lipinski definition) is 0. The summed E-state index contributed by atoms with van der Waals surface area (Å²) >= 11 is 3.43. The minimum absolute atomic E-state index is 0.109. The summed E-state index contributed by atoms with van der Waals surface area (Å²) in [5, 5.41) is 0. The van der Waals surface area contributed by atoms with Crippen LogP contribution in [0.1, 0.15) is 23.5 Å². The monoisotopic (exact) mass is 226 g/mol. The first-order chi connectivity index (χ1) is 5.75. The van der Waals surface area contributed by atoms with Gasteiger partial charge in [-0.1, -0.05) is 15.9 Å². The molecule has 2 atom stereocenters. The number of halogens is 2. The molecule has 1 aromatic rings. The van der Waals surface area contributed by atoms with Gasteiger partial charge in [-0.15, -0.1) is 0 Å².